The number of aliphatic hydroxyl groups excluding tert-OH is 1. The number of aliphatic hydroxyl groups is 1. The summed E-state index contributed by atoms with van der Waals surface area (Å²) in [4.78, 5) is 2.59. The van der Waals surface area contributed by atoms with Crippen molar-refractivity contribution in [2.24, 2.45) is 0 Å². The van der Waals surface area contributed by atoms with Crippen molar-refractivity contribution in [1.82, 2.24) is 4.90 Å². The average molecular weight is 237 g/mol. The van der Waals surface area contributed by atoms with E-state index in [1.165, 1.54) is 57.2 Å². The van der Waals surface area contributed by atoms with Gasteiger partial charge < -0.3 is 5.11 Å². The zero-order valence-electron chi connectivity index (χ0n) is 11.2. The second kappa shape index (κ2) is 5.53. The van der Waals surface area contributed by atoms with Crippen LogP contribution in [0.25, 0.3) is 0 Å². The van der Waals surface area contributed by atoms with Gasteiger partial charge in [0.25, 0.3) is 0 Å². The zero-order valence-corrected chi connectivity index (χ0v) is 11.2. The van der Waals surface area contributed by atoms with Crippen LogP contribution in [0.5, 0.6) is 0 Å². The maximum Gasteiger partial charge on any atom is 0.0726 e. The van der Waals surface area contributed by atoms with Gasteiger partial charge in [0.1, 0.15) is 0 Å². The van der Waals surface area contributed by atoms with E-state index < -0.39 is 0 Å². The van der Waals surface area contributed by atoms with E-state index >= 15 is 0 Å². The first kappa shape index (κ1) is 13.1. The van der Waals surface area contributed by atoms with Crippen LogP contribution in [-0.4, -0.2) is 34.7 Å². The Balaban J connectivity index is 2.02. The Morgan fingerprint density at radius 2 is 1.82 bits per heavy atom. The molecule has 1 aliphatic carbocycles. The van der Waals surface area contributed by atoms with E-state index in [0.717, 1.165) is 12.8 Å². The molecule has 0 aromatic carbocycles. The molecule has 1 saturated heterocycles. The number of nitrogens with zero attached hydrogens (tertiary/aromatic N) is 1. The van der Waals surface area contributed by atoms with E-state index in [-0.39, 0.29) is 11.6 Å². The molecule has 0 radical (unpaired) electrons. The fourth-order valence-corrected chi connectivity index (χ4v) is 3.66. The number of likely N-dealkylation sites (tertiary alicyclic amines) is 1. The van der Waals surface area contributed by atoms with Crippen LogP contribution in [0.15, 0.2) is 12.2 Å². The normalized spacial score (nSPS) is 26.2. The maximum absolute atomic E-state index is 10.6. The van der Waals surface area contributed by atoms with Gasteiger partial charge in [-0.15, -0.1) is 6.58 Å². The molecule has 0 amide bonds. The lowest BCUT2D eigenvalue weighted by atomic mass is 9.85. The van der Waals surface area contributed by atoms with Crippen LogP contribution < -0.4 is 0 Å². The Morgan fingerprint density at radius 1 is 1.24 bits per heavy atom. The molecule has 1 unspecified atom stereocenters. The summed E-state index contributed by atoms with van der Waals surface area (Å²) in [5.74, 6) is 0. The van der Waals surface area contributed by atoms with Crippen molar-refractivity contribution >= 4 is 0 Å². The van der Waals surface area contributed by atoms with Crippen molar-refractivity contribution in [3.8, 4) is 0 Å². The monoisotopic (exact) mass is 237 g/mol. The lowest BCUT2D eigenvalue weighted by molar-refractivity contribution is -0.0217. The minimum absolute atomic E-state index is 0.117. The molecular formula is C15H27NO. The van der Waals surface area contributed by atoms with Crippen molar-refractivity contribution in [2.45, 2.75) is 69.9 Å². The summed E-state index contributed by atoms with van der Waals surface area (Å²) in [6.45, 7) is 8.41. The summed E-state index contributed by atoms with van der Waals surface area (Å²) in [6, 6.07) is 0. The van der Waals surface area contributed by atoms with Crippen LogP contribution in [0.1, 0.15) is 58.3 Å². The third kappa shape index (κ3) is 2.74. The highest BCUT2D eigenvalue weighted by atomic mass is 16.3. The summed E-state index contributed by atoms with van der Waals surface area (Å²) < 4.78 is 0. The summed E-state index contributed by atoms with van der Waals surface area (Å²) in [5.41, 5.74) is 1.31. The second-order valence-electron chi connectivity index (χ2n) is 6.02. The van der Waals surface area contributed by atoms with Crippen LogP contribution in [-0.2, 0) is 0 Å². The molecule has 1 heterocycles. The highest BCUT2D eigenvalue weighted by molar-refractivity contribution is 5.03. The molecule has 0 aromatic heterocycles. The van der Waals surface area contributed by atoms with Crippen LogP contribution in [0.4, 0.5) is 0 Å². The Hall–Kier alpha value is -0.340. The van der Waals surface area contributed by atoms with Crippen molar-refractivity contribution in [1.29, 1.82) is 0 Å². The first-order valence-electron chi connectivity index (χ1n) is 7.23. The lowest BCUT2D eigenvalue weighted by Gasteiger charge is -2.43. The van der Waals surface area contributed by atoms with Crippen LogP contribution >= 0.6 is 0 Å². The van der Waals surface area contributed by atoms with Gasteiger partial charge in [-0.1, -0.05) is 18.4 Å². The van der Waals surface area contributed by atoms with E-state index in [1.807, 2.05) is 0 Å². The minimum Gasteiger partial charge on any atom is -0.391 e. The highest BCUT2D eigenvalue weighted by Crippen LogP contribution is 2.41. The number of rotatable bonds is 5. The molecule has 17 heavy (non-hydrogen) atoms. The number of hydrogen-bond donors (Lipinski definition) is 1. The van der Waals surface area contributed by atoms with Crippen molar-refractivity contribution in [3.63, 3.8) is 0 Å². The van der Waals surface area contributed by atoms with Gasteiger partial charge in [-0.3, -0.25) is 4.90 Å². The summed E-state index contributed by atoms with van der Waals surface area (Å²) in [7, 11) is 0. The van der Waals surface area contributed by atoms with E-state index in [2.05, 4.69) is 18.4 Å². The van der Waals surface area contributed by atoms with Gasteiger partial charge in [0.05, 0.1) is 6.10 Å². The van der Waals surface area contributed by atoms with Gasteiger partial charge in [0, 0.05) is 5.54 Å². The van der Waals surface area contributed by atoms with Gasteiger partial charge in [0.15, 0.2) is 0 Å². The Bertz CT molecular complexity index is 262. The molecule has 1 N–H and O–H groups in total. The predicted octanol–water partition coefficient (Wildman–Crippen LogP) is 3.11. The maximum atomic E-state index is 10.6. The molecular weight excluding hydrogens is 210 g/mol. The van der Waals surface area contributed by atoms with Crippen LogP contribution in [0.2, 0.25) is 0 Å². The largest absolute Gasteiger partial charge is 0.391 e. The SMILES string of the molecule is C=C(C)CCC(O)C1(N2CCCC2)CCCC1. The third-order valence-corrected chi connectivity index (χ3v) is 4.67. The lowest BCUT2D eigenvalue weighted by Crippen LogP contribution is -2.53. The molecule has 2 rings (SSSR count). The molecule has 2 nitrogen and oxygen atoms in total. The number of hydrogen-bond acceptors (Lipinski definition) is 2. The number of allylic oxidation sites excluding steroid dienone is 1. The average Bonchev–Trinajstić information content (AvgIpc) is 2.95. The summed E-state index contributed by atoms with van der Waals surface area (Å²) in [5, 5.41) is 10.6. The van der Waals surface area contributed by atoms with Gasteiger partial charge in [-0.05, 0) is 58.5 Å². The first-order valence-corrected chi connectivity index (χ1v) is 7.23. The second-order valence-corrected chi connectivity index (χ2v) is 6.02. The molecule has 1 atom stereocenters. The molecule has 0 spiro atoms. The highest BCUT2D eigenvalue weighted by Gasteiger charge is 2.45. The quantitative estimate of drug-likeness (QED) is 0.743. The summed E-state index contributed by atoms with van der Waals surface area (Å²) >= 11 is 0. The molecule has 2 aliphatic rings. The molecule has 0 bridgehead atoms. The molecule has 2 heteroatoms. The molecule has 1 saturated carbocycles. The standard InChI is InChI=1S/C15H27NO/c1-13(2)7-8-14(17)15(9-3-4-10-15)16-11-5-6-12-16/h14,17H,1,3-12H2,2H3. The fraction of sp³-hybridized carbons (Fsp3) is 0.867. The Labute approximate surface area is 106 Å². The van der Waals surface area contributed by atoms with E-state index in [1.54, 1.807) is 0 Å². The Morgan fingerprint density at radius 3 is 2.35 bits per heavy atom. The first-order chi connectivity index (χ1) is 8.15. The third-order valence-electron chi connectivity index (χ3n) is 4.67. The predicted molar refractivity (Wildman–Crippen MR) is 72.1 cm³/mol. The molecule has 1 aliphatic heterocycles. The smallest absolute Gasteiger partial charge is 0.0726 e. The van der Waals surface area contributed by atoms with E-state index in [0.29, 0.717) is 0 Å². The topological polar surface area (TPSA) is 23.5 Å². The van der Waals surface area contributed by atoms with Crippen LogP contribution in [0, 0.1) is 0 Å². The molecule has 98 valence electrons. The van der Waals surface area contributed by atoms with Gasteiger partial charge in [-0.2, -0.15) is 0 Å². The van der Waals surface area contributed by atoms with E-state index in [4.69, 9.17) is 0 Å². The van der Waals surface area contributed by atoms with Crippen molar-refractivity contribution < 1.29 is 5.11 Å². The van der Waals surface area contributed by atoms with Crippen molar-refractivity contribution in [2.75, 3.05) is 13.1 Å². The van der Waals surface area contributed by atoms with Gasteiger partial charge >= 0.3 is 0 Å². The molecule has 0 aromatic rings. The summed E-state index contributed by atoms with van der Waals surface area (Å²) in [6.07, 6.45) is 9.32. The Kier molecular flexibility index (Phi) is 4.26. The van der Waals surface area contributed by atoms with Crippen LogP contribution in [0.3, 0.4) is 0 Å². The zero-order chi connectivity index (χ0) is 12.3. The van der Waals surface area contributed by atoms with Crippen molar-refractivity contribution in [3.05, 3.63) is 12.2 Å². The fourth-order valence-electron chi connectivity index (χ4n) is 3.66. The van der Waals surface area contributed by atoms with E-state index in [9.17, 15) is 5.11 Å². The van der Waals surface area contributed by atoms with Gasteiger partial charge in [-0.25, -0.2) is 0 Å². The minimum atomic E-state index is -0.153. The van der Waals surface area contributed by atoms with Gasteiger partial charge in [0.2, 0.25) is 0 Å². The molecule has 2 fully saturated rings.